The first-order valence-corrected chi connectivity index (χ1v) is 2.11. The van der Waals surface area contributed by atoms with Crippen molar-refractivity contribution in [2.75, 3.05) is 0 Å². The van der Waals surface area contributed by atoms with Gasteiger partial charge in [0.1, 0.15) is 0 Å². The van der Waals surface area contributed by atoms with Crippen molar-refractivity contribution in [3.05, 3.63) is 30.3 Å². The van der Waals surface area contributed by atoms with Crippen molar-refractivity contribution in [2.45, 2.75) is 0 Å². The summed E-state index contributed by atoms with van der Waals surface area (Å²) in [5, 5.41) is 10.3. The maximum Gasteiger partial charge on any atom is 2.00 e. The van der Waals surface area contributed by atoms with Crippen LogP contribution in [0.25, 0.3) is 0 Å². The quantitative estimate of drug-likeness (QED) is 0.298. The molecule has 0 N–H and O–H groups in total. The first kappa shape index (κ1) is 11.9. The average Bonchev–Trinajstić information content (AvgIpc) is 1.69. The van der Waals surface area contributed by atoms with E-state index in [2.05, 4.69) is 0 Å². The van der Waals surface area contributed by atoms with Gasteiger partial charge in [0.05, 0.1) is 0 Å². The van der Waals surface area contributed by atoms with Crippen LogP contribution in [-0.4, -0.2) is 23.1 Å². The Morgan fingerprint density at radius 3 is 1.67 bits per heavy atom. The van der Waals surface area contributed by atoms with Crippen LogP contribution in [0.4, 0.5) is 0 Å². The van der Waals surface area contributed by atoms with Crippen molar-refractivity contribution < 1.29 is 5.11 Å². The summed E-state index contributed by atoms with van der Waals surface area (Å²) in [6, 6.07) is 8.33. The molecule has 0 fully saturated rings. The predicted molar refractivity (Wildman–Crippen MR) is 40.4 cm³/mol. The molecule has 1 nitrogen and oxygen atoms in total. The van der Waals surface area contributed by atoms with Crippen LogP contribution in [0.3, 0.4) is 0 Å². The molecular weight excluding hydrogens is 144 g/mol. The van der Waals surface area contributed by atoms with Gasteiger partial charge in [-0.25, -0.2) is 0 Å². The van der Waals surface area contributed by atoms with E-state index in [9.17, 15) is 5.11 Å². The zero-order valence-corrected chi connectivity index (χ0v) is 7.26. The summed E-state index contributed by atoms with van der Waals surface area (Å²) in [5.41, 5.74) is 0. The number of rotatable bonds is 0. The number of para-hydroxylation sites is 1. The van der Waals surface area contributed by atoms with Gasteiger partial charge in [-0.3, -0.25) is 0 Å². The Morgan fingerprint density at radius 2 is 1.44 bits per heavy atom. The number of hydrogen-bond acceptors (Lipinski definition) is 2. The third kappa shape index (κ3) is 4.63. The van der Waals surface area contributed by atoms with Gasteiger partial charge < -0.3 is 18.6 Å². The molecule has 0 atom stereocenters. The summed E-state index contributed by atoms with van der Waals surface area (Å²) in [6.07, 6.45) is 0. The molecule has 0 spiro atoms. The SMILES string of the molecule is [Mg+2].[O-]c1ccccc1.[SH-]. The summed E-state index contributed by atoms with van der Waals surface area (Å²) >= 11 is 0. The minimum absolute atomic E-state index is 0. The minimum Gasteiger partial charge on any atom is -0.872 e. The fourth-order valence-electron chi connectivity index (χ4n) is 0.420. The first-order chi connectivity index (χ1) is 3.39. The summed E-state index contributed by atoms with van der Waals surface area (Å²) in [6.45, 7) is 0. The van der Waals surface area contributed by atoms with Crippen LogP contribution < -0.4 is 5.11 Å². The topological polar surface area (TPSA) is 23.1 Å². The van der Waals surface area contributed by atoms with Gasteiger partial charge >= 0.3 is 23.1 Å². The zero-order chi connectivity index (χ0) is 5.11. The Labute approximate surface area is 77.7 Å². The molecule has 1 aromatic carbocycles. The van der Waals surface area contributed by atoms with E-state index in [-0.39, 0.29) is 42.3 Å². The Kier molecular flexibility index (Phi) is 8.26. The van der Waals surface area contributed by atoms with Gasteiger partial charge in [0.25, 0.3) is 0 Å². The fraction of sp³-hybridized carbons (Fsp3) is 0. The van der Waals surface area contributed by atoms with Gasteiger partial charge in [-0.15, -0.1) is 5.75 Å². The van der Waals surface area contributed by atoms with Gasteiger partial charge in [-0.1, -0.05) is 30.3 Å². The molecule has 0 saturated heterocycles. The molecule has 44 valence electrons. The second kappa shape index (κ2) is 6.26. The molecular formula is C6H6MgOS. The fourth-order valence-corrected chi connectivity index (χ4v) is 0.420. The maximum atomic E-state index is 10.3. The van der Waals surface area contributed by atoms with Crippen LogP contribution in [-0.2, 0) is 13.5 Å². The normalized spacial score (nSPS) is 6.67. The largest absolute Gasteiger partial charge is 2.00 e. The van der Waals surface area contributed by atoms with Crippen molar-refractivity contribution >= 4 is 36.5 Å². The molecule has 1 rings (SSSR count). The van der Waals surface area contributed by atoms with Gasteiger partial charge in [0.2, 0.25) is 0 Å². The van der Waals surface area contributed by atoms with Crippen LogP contribution in [0.5, 0.6) is 5.75 Å². The van der Waals surface area contributed by atoms with Crippen molar-refractivity contribution in [3.63, 3.8) is 0 Å². The van der Waals surface area contributed by atoms with Gasteiger partial charge in [-0.05, 0) is 0 Å². The van der Waals surface area contributed by atoms with E-state index in [0.717, 1.165) is 0 Å². The summed E-state index contributed by atoms with van der Waals surface area (Å²) in [7, 11) is 0. The summed E-state index contributed by atoms with van der Waals surface area (Å²) in [4.78, 5) is 0. The minimum atomic E-state index is 0. The smallest absolute Gasteiger partial charge is 0.872 e. The molecule has 0 bridgehead atoms. The van der Waals surface area contributed by atoms with Crippen molar-refractivity contribution in [2.24, 2.45) is 0 Å². The van der Waals surface area contributed by atoms with E-state index >= 15 is 0 Å². The van der Waals surface area contributed by atoms with Crippen molar-refractivity contribution in [1.82, 2.24) is 0 Å². The van der Waals surface area contributed by atoms with Crippen molar-refractivity contribution in [3.8, 4) is 5.75 Å². The Balaban J connectivity index is 0. The van der Waals surface area contributed by atoms with Crippen LogP contribution >= 0.6 is 0 Å². The average molecular weight is 150 g/mol. The first-order valence-electron chi connectivity index (χ1n) is 2.11. The van der Waals surface area contributed by atoms with Crippen LogP contribution in [0.1, 0.15) is 0 Å². The molecule has 0 aromatic heterocycles. The van der Waals surface area contributed by atoms with Gasteiger partial charge in [-0.2, -0.15) is 0 Å². The van der Waals surface area contributed by atoms with Gasteiger partial charge in [0, 0.05) is 0 Å². The number of benzene rings is 1. The zero-order valence-electron chi connectivity index (χ0n) is 4.95. The Hall–Kier alpha value is 0.136. The third-order valence-corrected chi connectivity index (χ3v) is 0.743. The molecule has 1 aromatic rings. The molecule has 0 aliphatic carbocycles. The Bertz CT molecular complexity index is 143. The molecule has 9 heavy (non-hydrogen) atoms. The molecule has 0 radical (unpaired) electrons. The van der Waals surface area contributed by atoms with E-state index in [4.69, 9.17) is 0 Å². The molecule has 0 heterocycles. The number of thiol groups is 1. The van der Waals surface area contributed by atoms with E-state index in [1.807, 2.05) is 6.07 Å². The Morgan fingerprint density at radius 1 is 1.00 bits per heavy atom. The van der Waals surface area contributed by atoms with E-state index in [0.29, 0.717) is 0 Å². The molecule has 0 unspecified atom stereocenters. The molecule has 0 saturated carbocycles. The van der Waals surface area contributed by atoms with Crippen LogP contribution in [0, 0.1) is 0 Å². The predicted octanol–water partition coefficient (Wildman–Crippen LogP) is 0.109. The molecule has 3 heteroatoms. The monoisotopic (exact) mass is 150 g/mol. The maximum absolute atomic E-state index is 10.3. The summed E-state index contributed by atoms with van der Waals surface area (Å²) < 4.78 is 0. The molecule has 0 aliphatic heterocycles. The number of hydrogen-bond donors (Lipinski definition) is 0. The van der Waals surface area contributed by atoms with E-state index in [1.165, 1.54) is 12.1 Å². The third-order valence-electron chi connectivity index (χ3n) is 0.743. The second-order valence-electron chi connectivity index (χ2n) is 1.31. The van der Waals surface area contributed by atoms with Gasteiger partial charge in [0.15, 0.2) is 0 Å². The van der Waals surface area contributed by atoms with Crippen LogP contribution in [0.15, 0.2) is 30.3 Å². The van der Waals surface area contributed by atoms with E-state index < -0.39 is 0 Å². The van der Waals surface area contributed by atoms with E-state index in [1.54, 1.807) is 12.1 Å². The second-order valence-corrected chi connectivity index (χ2v) is 1.31. The van der Waals surface area contributed by atoms with Crippen LogP contribution in [0.2, 0.25) is 0 Å². The van der Waals surface area contributed by atoms with Crippen molar-refractivity contribution in [1.29, 1.82) is 0 Å². The summed E-state index contributed by atoms with van der Waals surface area (Å²) in [5.74, 6) is 0.0718. The molecule has 0 aliphatic rings. The molecule has 0 amide bonds. The standard InChI is InChI=1S/C6H6O.Mg.H2S/c7-6-4-2-1-3-5-6;;/h1-5,7H;;1H2/q;+2;/p-2.